The molecule has 0 heterocycles. The van der Waals surface area contributed by atoms with Crippen LogP contribution in [-0.4, -0.2) is 37.0 Å². The molecule has 0 saturated heterocycles. The second kappa shape index (κ2) is 24.9. The van der Waals surface area contributed by atoms with Crippen LogP contribution >= 0.6 is 0 Å². The fourth-order valence-electron chi connectivity index (χ4n) is 3.89. The summed E-state index contributed by atoms with van der Waals surface area (Å²) in [6.45, 7) is 2.83. The van der Waals surface area contributed by atoms with Crippen molar-refractivity contribution in [1.29, 1.82) is 0 Å². The van der Waals surface area contributed by atoms with Gasteiger partial charge in [0.15, 0.2) is 0 Å². The molecule has 0 aliphatic carbocycles. The maximum atomic E-state index is 12.1. The molecule has 0 radical (unpaired) electrons. The molecule has 0 saturated carbocycles. The number of aldehydes is 2. The topological polar surface area (TPSA) is 92.3 Å². The summed E-state index contributed by atoms with van der Waals surface area (Å²) in [6.07, 6.45) is 22.2. The number of carbonyl (C=O) groups is 4. The van der Waals surface area contributed by atoms with Crippen LogP contribution in [0.25, 0.3) is 0 Å². The summed E-state index contributed by atoms with van der Waals surface area (Å²) in [6, 6.07) is -0.599. The SMILES string of the molecule is CCCCCCCCCCCCCCCC(=O)NC(C=O)CCC(=O)NCCCCCC=O. The Morgan fingerprint density at radius 3 is 1.76 bits per heavy atom. The van der Waals surface area contributed by atoms with E-state index < -0.39 is 6.04 Å². The smallest absolute Gasteiger partial charge is 0.220 e. The van der Waals surface area contributed by atoms with Gasteiger partial charge in [-0.05, 0) is 25.7 Å². The highest BCUT2D eigenvalue weighted by molar-refractivity contribution is 5.80. The van der Waals surface area contributed by atoms with Crippen molar-refractivity contribution in [3.63, 3.8) is 0 Å². The van der Waals surface area contributed by atoms with Crippen molar-refractivity contribution < 1.29 is 19.2 Å². The Labute approximate surface area is 202 Å². The summed E-state index contributed by atoms with van der Waals surface area (Å²) in [5.41, 5.74) is 0. The fraction of sp³-hybridized carbons (Fsp3) is 0.852. The fourth-order valence-corrected chi connectivity index (χ4v) is 3.89. The van der Waals surface area contributed by atoms with Gasteiger partial charge in [0.25, 0.3) is 0 Å². The van der Waals surface area contributed by atoms with Gasteiger partial charge in [0.05, 0.1) is 6.04 Å². The van der Waals surface area contributed by atoms with Gasteiger partial charge >= 0.3 is 0 Å². The Hall–Kier alpha value is -1.72. The highest BCUT2D eigenvalue weighted by atomic mass is 16.2. The highest BCUT2D eigenvalue weighted by Gasteiger charge is 2.13. The zero-order chi connectivity index (χ0) is 24.4. The third-order valence-electron chi connectivity index (χ3n) is 6.02. The molecule has 1 unspecified atom stereocenters. The van der Waals surface area contributed by atoms with Crippen LogP contribution in [0.4, 0.5) is 0 Å². The van der Waals surface area contributed by atoms with Crippen LogP contribution in [0.15, 0.2) is 0 Å². The normalized spacial score (nSPS) is 11.7. The van der Waals surface area contributed by atoms with E-state index in [9.17, 15) is 19.2 Å². The molecule has 33 heavy (non-hydrogen) atoms. The van der Waals surface area contributed by atoms with Gasteiger partial charge in [0.2, 0.25) is 11.8 Å². The highest BCUT2D eigenvalue weighted by Crippen LogP contribution is 2.13. The van der Waals surface area contributed by atoms with Crippen LogP contribution in [0.5, 0.6) is 0 Å². The van der Waals surface area contributed by atoms with Crippen molar-refractivity contribution in [1.82, 2.24) is 10.6 Å². The first-order valence-corrected chi connectivity index (χ1v) is 13.6. The number of nitrogens with one attached hydrogen (secondary N) is 2. The minimum atomic E-state index is -0.599. The molecular formula is C27H50N2O4. The average molecular weight is 467 g/mol. The van der Waals surface area contributed by atoms with E-state index in [1.807, 2.05) is 0 Å². The predicted octanol–water partition coefficient (Wildman–Crippen LogP) is 5.81. The van der Waals surface area contributed by atoms with Gasteiger partial charge in [0.1, 0.15) is 12.6 Å². The third-order valence-corrected chi connectivity index (χ3v) is 6.02. The Kier molecular flexibility index (Phi) is 23.6. The molecule has 0 rings (SSSR count). The Morgan fingerprint density at radius 1 is 0.667 bits per heavy atom. The molecule has 192 valence electrons. The first kappa shape index (κ1) is 31.3. The van der Waals surface area contributed by atoms with Crippen LogP contribution < -0.4 is 10.6 Å². The summed E-state index contributed by atoms with van der Waals surface area (Å²) in [7, 11) is 0. The molecular weight excluding hydrogens is 416 g/mol. The van der Waals surface area contributed by atoms with Crippen LogP contribution in [0.3, 0.4) is 0 Å². The second-order valence-corrected chi connectivity index (χ2v) is 9.21. The zero-order valence-corrected chi connectivity index (χ0v) is 21.2. The number of amides is 2. The largest absolute Gasteiger partial charge is 0.356 e. The molecule has 0 aliphatic rings. The molecule has 0 spiro atoms. The lowest BCUT2D eigenvalue weighted by Crippen LogP contribution is -2.37. The zero-order valence-electron chi connectivity index (χ0n) is 21.2. The van der Waals surface area contributed by atoms with Gasteiger partial charge in [0, 0.05) is 25.8 Å². The average Bonchev–Trinajstić information content (AvgIpc) is 2.81. The van der Waals surface area contributed by atoms with E-state index in [1.54, 1.807) is 0 Å². The van der Waals surface area contributed by atoms with Gasteiger partial charge in [-0.25, -0.2) is 0 Å². The maximum Gasteiger partial charge on any atom is 0.220 e. The molecule has 6 heteroatoms. The minimum Gasteiger partial charge on any atom is -0.356 e. The van der Waals surface area contributed by atoms with E-state index in [-0.39, 0.29) is 18.2 Å². The molecule has 0 fully saturated rings. The summed E-state index contributed by atoms with van der Waals surface area (Å²) in [4.78, 5) is 45.4. The molecule has 0 aromatic rings. The van der Waals surface area contributed by atoms with Crippen LogP contribution in [0.2, 0.25) is 0 Å². The Balaban J connectivity index is 3.57. The molecule has 0 aromatic carbocycles. The quantitative estimate of drug-likeness (QED) is 0.131. The van der Waals surface area contributed by atoms with E-state index in [0.717, 1.165) is 44.8 Å². The summed E-state index contributed by atoms with van der Waals surface area (Å²) in [5, 5.41) is 5.55. The molecule has 6 nitrogen and oxygen atoms in total. The third kappa shape index (κ3) is 23.2. The standard InChI is InChI=1S/C27H50N2O4/c1-2-3-4-5-6-7-8-9-10-11-12-13-16-19-27(33)29-25(24-31)20-21-26(32)28-22-17-14-15-18-23-30/h23-25H,2-22H2,1H3,(H,28,32)(H,29,33). The number of rotatable bonds is 25. The van der Waals surface area contributed by atoms with E-state index in [2.05, 4.69) is 17.6 Å². The Bertz CT molecular complexity index is 497. The lowest BCUT2D eigenvalue weighted by molar-refractivity contribution is -0.125. The van der Waals surface area contributed by atoms with Crippen LogP contribution in [0.1, 0.15) is 135 Å². The van der Waals surface area contributed by atoms with Gasteiger partial charge in [-0.3, -0.25) is 9.59 Å². The lowest BCUT2D eigenvalue weighted by atomic mass is 10.0. The van der Waals surface area contributed by atoms with Crippen LogP contribution in [0, 0.1) is 0 Å². The summed E-state index contributed by atoms with van der Waals surface area (Å²) >= 11 is 0. The van der Waals surface area contributed by atoms with Gasteiger partial charge in [-0.15, -0.1) is 0 Å². The van der Waals surface area contributed by atoms with E-state index in [4.69, 9.17) is 0 Å². The monoisotopic (exact) mass is 466 g/mol. The number of carbonyl (C=O) groups excluding carboxylic acids is 4. The Morgan fingerprint density at radius 2 is 1.21 bits per heavy atom. The van der Waals surface area contributed by atoms with Gasteiger partial charge in [-0.2, -0.15) is 0 Å². The first-order valence-electron chi connectivity index (χ1n) is 13.6. The number of hydrogen-bond acceptors (Lipinski definition) is 4. The van der Waals surface area contributed by atoms with Crippen molar-refractivity contribution in [2.75, 3.05) is 6.54 Å². The van der Waals surface area contributed by atoms with Crippen molar-refractivity contribution >= 4 is 24.4 Å². The lowest BCUT2D eigenvalue weighted by Gasteiger charge is -2.13. The van der Waals surface area contributed by atoms with Gasteiger partial charge in [-0.1, -0.05) is 90.4 Å². The van der Waals surface area contributed by atoms with E-state index in [1.165, 1.54) is 64.2 Å². The molecule has 0 aliphatic heterocycles. The molecule has 0 aromatic heterocycles. The van der Waals surface area contributed by atoms with Crippen LogP contribution in [-0.2, 0) is 19.2 Å². The van der Waals surface area contributed by atoms with Crippen molar-refractivity contribution in [3.8, 4) is 0 Å². The number of hydrogen-bond donors (Lipinski definition) is 2. The predicted molar refractivity (Wildman–Crippen MR) is 135 cm³/mol. The van der Waals surface area contributed by atoms with E-state index in [0.29, 0.717) is 32.1 Å². The van der Waals surface area contributed by atoms with Crippen molar-refractivity contribution in [3.05, 3.63) is 0 Å². The van der Waals surface area contributed by atoms with E-state index >= 15 is 0 Å². The second-order valence-electron chi connectivity index (χ2n) is 9.21. The molecule has 0 bridgehead atoms. The first-order chi connectivity index (χ1) is 16.1. The van der Waals surface area contributed by atoms with Crippen molar-refractivity contribution in [2.45, 2.75) is 141 Å². The number of unbranched alkanes of at least 4 members (excludes halogenated alkanes) is 15. The molecule has 1 atom stereocenters. The maximum absolute atomic E-state index is 12.1. The summed E-state index contributed by atoms with van der Waals surface area (Å²) in [5.74, 6) is -0.214. The van der Waals surface area contributed by atoms with Gasteiger partial charge < -0.3 is 20.2 Å². The molecule has 2 N–H and O–H groups in total. The minimum absolute atomic E-state index is 0.106. The van der Waals surface area contributed by atoms with Crippen molar-refractivity contribution in [2.24, 2.45) is 0 Å². The summed E-state index contributed by atoms with van der Waals surface area (Å²) < 4.78 is 0. The molecule has 2 amide bonds.